The van der Waals surface area contributed by atoms with Gasteiger partial charge in [0.25, 0.3) is 5.91 Å². The fourth-order valence-corrected chi connectivity index (χ4v) is 5.65. The first-order valence-electron chi connectivity index (χ1n) is 14.3. The van der Waals surface area contributed by atoms with Crippen molar-refractivity contribution in [3.05, 3.63) is 94.8 Å². The average molecular weight is 559 g/mol. The van der Waals surface area contributed by atoms with E-state index in [1.807, 2.05) is 36.4 Å². The number of primary amides is 1. The van der Waals surface area contributed by atoms with E-state index >= 15 is 0 Å². The van der Waals surface area contributed by atoms with Gasteiger partial charge >= 0.3 is 0 Å². The summed E-state index contributed by atoms with van der Waals surface area (Å²) in [5.74, 6) is -0.836. The zero-order valence-electron chi connectivity index (χ0n) is 23.5. The predicted octanol–water partition coefficient (Wildman–Crippen LogP) is 2.48. The van der Waals surface area contributed by atoms with Crippen molar-refractivity contribution in [1.82, 2.24) is 25.8 Å². The monoisotopic (exact) mass is 558 g/mol. The molecule has 1 unspecified atom stereocenters. The molecule has 2 atom stereocenters. The van der Waals surface area contributed by atoms with Crippen molar-refractivity contribution in [2.75, 3.05) is 39.3 Å². The van der Waals surface area contributed by atoms with Crippen molar-refractivity contribution < 1.29 is 14.0 Å². The van der Waals surface area contributed by atoms with Gasteiger partial charge in [0.2, 0.25) is 5.91 Å². The van der Waals surface area contributed by atoms with Crippen LogP contribution in [0.4, 0.5) is 4.39 Å². The molecule has 41 heavy (non-hydrogen) atoms. The normalized spacial score (nSPS) is 20.0. The fraction of sp³-hybridized carbons (Fsp3) is 0.375. The third-order valence-corrected chi connectivity index (χ3v) is 7.78. The highest BCUT2D eigenvalue weighted by Gasteiger charge is 2.23. The molecule has 2 aliphatic heterocycles. The maximum atomic E-state index is 14.9. The SMILES string of the molecule is C[C@H]1CN(Cc2cccc(-c3cc(CNC(=O)c4cccc(CN5CCNC(C(N)=O)C5)c4)ccc3F)c2)CCN1. The van der Waals surface area contributed by atoms with Crippen LogP contribution in [0, 0.1) is 5.82 Å². The Bertz CT molecular complexity index is 1380. The molecule has 2 fully saturated rings. The van der Waals surface area contributed by atoms with Crippen LogP contribution in [-0.4, -0.2) is 73.0 Å². The Morgan fingerprint density at radius 3 is 2.37 bits per heavy atom. The Kier molecular flexibility index (Phi) is 9.41. The number of rotatable bonds is 9. The van der Waals surface area contributed by atoms with E-state index in [2.05, 4.69) is 44.8 Å². The lowest BCUT2D eigenvalue weighted by molar-refractivity contribution is -0.121. The number of carbonyl (C=O) groups is 2. The molecular formula is C32H39FN6O2. The molecule has 2 amide bonds. The molecule has 2 heterocycles. The summed E-state index contributed by atoms with van der Waals surface area (Å²) in [5, 5.41) is 9.57. The van der Waals surface area contributed by atoms with Gasteiger partial charge in [-0.15, -0.1) is 0 Å². The molecule has 0 spiro atoms. The summed E-state index contributed by atoms with van der Waals surface area (Å²) in [7, 11) is 0. The van der Waals surface area contributed by atoms with Gasteiger partial charge in [0.05, 0.1) is 6.04 Å². The van der Waals surface area contributed by atoms with Gasteiger partial charge in [-0.05, 0) is 59.5 Å². The van der Waals surface area contributed by atoms with E-state index in [0.717, 1.165) is 55.0 Å². The van der Waals surface area contributed by atoms with Gasteiger partial charge in [-0.3, -0.25) is 19.4 Å². The van der Waals surface area contributed by atoms with Crippen LogP contribution in [0.2, 0.25) is 0 Å². The minimum Gasteiger partial charge on any atom is -0.368 e. The summed E-state index contributed by atoms with van der Waals surface area (Å²) in [6, 6.07) is 20.6. The van der Waals surface area contributed by atoms with Gasteiger partial charge in [-0.2, -0.15) is 0 Å². The van der Waals surface area contributed by atoms with Gasteiger partial charge in [-0.25, -0.2) is 4.39 Å². The lowest BCUT2D eigenvalue weighted by Crippen LogP contribution is -2.55. The molecule has 0 saturated carbocycles. The fourth-order valence-electron chi connectivity index (χ4n) is 5.65. The van der Waals surface area contributed by atoms with Crippen molar-refractivity contribution in [2.24, 2.45) is 5.73 Å². The highest BCUT2D eigenvalue weighted by molar-refractivity contribution is 5.94. The van der Waals surface area contributed by atoms with E-state index in [9.17, 15) is 14.0 Å². The maximum Gasteiger partial charge on any atom is 0.251 e. The van der Waals surface area contributed by atoms with E-state index in [4.69, 9.17) is 5.73 Å². The summed E-state index contributed by atoms with van der Waals surface area (Å²) >= 11 is 0. The molecule has 9 heteroatoms. The van der Waals surface area contributed by atoms with Crippen LogP contribution in [0.15, 0.2) is 66.7 Å². The van der Waals surface area contributed by atoms with Crippen LogP contribution in [0.1, 0.15) is 34.0 Å². The van der Waals surface area contributed by atoms with Crippen LogP contribution in [0.5, 0.6) is 0 Å². The summed E-state index contributed by atoms with van der Waals surface area (Å²) in [6.45, 7) is 8.91. The molecule has 2 aliphatic rings. The Balaban J connectivity index is 1.21. The zero-order chi connectivity index (χ0) is 28.8. The molecule has 0 radical (unpaired) electrons. The Morgan fingerprint density at radius 1 is 0.902 bits per heavy atom. The standard InChI is InChI=1S/C32H39FN6O2/c1-22-18-38(12-10-35-22)19-24-4-2-6-26(14-24)28-16-23(8-9-29(28)33)17-37-32(41)27-7-3-5-25(15-27)20-39-13-11-36-30(21-39)31(34)40/h2-9,14-16,22,30,35-36H,10-13,17-21H2,1H3,(H2,34,40)(H,37,41)/t22-,30?/m0/s1. The highest BCUT2D eigenvalue weighted by atomic mass is 19.1. The number of piperazine rings is 2. The zero-order valence-corrected chi connectivity index (χ0v) is 23.5. The average Bonchev–Trinajstić information content (AvgIpc) is 2.97. The summed E-state index contributed by atoms with van der Waals surface area (Å²) in [4.78, 5) is 29.1. The molecule has 0 aromatic heterocycles. The minimum atomic E-state index is -0.366. The number of carbonyl (C=O) groups excluding carboxylic acids is 2. The number of halogens is 1. The number of nitrogens with one attached hydrogen (secondary N) is 3. The van der Waals surface area contributed by atoms with Crippen LogP contribution < -0.4 is 21.7 Å². The van der Waals surface area contributed by atoms with Crippen molar-refractivity contribution >= 4 is 11.8 Å². The van der Waals surface area contributed by atoms with E-state index in [1.165, 1.54) is 6.07 Å². The third-order valence-electron chi connectivity index (χ3n) is 7.78. The first-order valence-corrected chi connectivity index (χ1v) is 14.3. The van der Waals surface area contributed by atoms with Gasteiger partial charge < -0.3 is 21.7 Å². The van der Waals surface area contributed by atoms with Crippen LogP contribution >= 0.6 is 0 Å². The van der Waals surface area contributed by atoms with Crippen molar-refractivity contribution in [2.45, 2.75) is 38.6 Å². The summed E-state index contributed by atoms with van der Waals surface area (Å²) in [5.41, 5.74) is 10.3. The van der Waals surface area contributed by atoms with Gasteiger partial charge in [0, 0.05) is 76.1 Å². The number of hydrogen-bond donors (Lipinski definition) is 4. The molecule has 3 aromatic rings. The third kappa shape index (κ3) is 7.77. The molecule has 3 aromatic carbocycles. The minimum absolute atomic E-state index is 0.194. The van der Waals surface area contributed by atoms with Crippen LogP contribution in [0.25, 0.3) is 11.1 Å². The van der Waals surface area contributed by atoms with Crippen molar-refractivity contribution in [3.63, 3.8) is 0 Å². The van der Waals surface area contributed by atoms with Gasteiger partial charge in [0.1, 0.15) is 5.82 Å². The smallest absolute Gasteiger partial charge is 0.251 e. The quantitative estimate of drug-likeness (QED) is 0.322. The molecule has 5 rings (SSSR count). The second kappa shape index (κ2) is 13.4. The molecule has 8 nitrogen and oxygen atoms in total. The topological polar surface area (TPSA) is 103 Å². The van der Waals surface area contributed by atoms with Crippen molar-refractivity contribution in [3.8, 4) is 11.1 Å². The highest BCUT2D eigenvalue weighted by Crippen LogP contribution is 2.26. The first kappa shape index (κ1) is 28.9. The van der Waals surface area contributed by atoms with Crippen molar-refractivity contribution in [1.29, 1.82) is 0 Å². The van der Waals surface area contributed by atoms with E-state index in [0.29, 0.717) is 36.8 Å². The maximum absolute atomic E-state index is 14.9. The van der Waals surface area contributed by atoms with E-state index < -0.39 is 0 Å². The van der Waals surface area contributed by atoms with E-state index in [-0.39, 0.29) is 30.2 Å². The number of benzene rings is 3. The predicted molar refractivity (Wildman–Crippen MR) is 158 cm³/mol. The number of nitrogens with zero attached hydrogens (tertiary/aromatic N) is 2. The second-order valence-electron chi connectivity index (χ2n) is 11.1. The lowest BCUT2D eigenvalue weighted by atomic mass is 10.00. The molecule has 0 bridgehead atoms. The number of hydrogen-bond acceptors (Lipinski definition) is 6. The lowest BCUT2D eigenvalue weighted by Gasteiger charge is -2.32. The number of amides is 2. The number of nitrogens with two attached hydrogens (primary N) is 1. The molecule has 5 N–H and O–H groups in total. The molecule has 216 valence electrons. The largest absolute Gasteiger partial charge is 0.368 e. The summed E-state index contributed by atoms with van der Waals surface area (Å²) in [6.07, 6.45) is 0. The first-order chi connectivity index (χ1) is 19.8. The Morgan fingerprint density at radius 2 is 1.61 bits per heavy atom. The molecular weight excluding hydrogens is 519 g/mol. The Hall–Kier alpha value is -3.63. The molecule has 0 aliphatic carbocycles. The van der Waals surface area contributed by atoms with Crippen LogP contribution in [-0.2, 0) is 24.4 Å². The Labute approximate surface area is 241 Å². The second-order valence-corrected chi connectivity index (χ2v) is 11.1. The summed E-state index contributed by atoms with van der Waals surface area (Å²) < 4.78 is 14.9. The van der Waals surface area contributed by atoms with Gasteiger partial charge in [-0.1, -0.05) is 36.4 Å². The van der Waals surface area contributed by atoms with Crippen LogP contribution in [0.3, 0.4) is 0 Å². The van der Waals surface area contributed by atoms with E-state index in [1.54, 1.807) is 12.1 Å². The van der Waals surface area contributed by atoms with Gasteiger partial charge in [0.15, 0.2) is 0 Å². The molecule has 2 saturated heterocycles.